The van der Waals surface area contributed by atoms with Crippen molar-refractivity contribution in [3.63, 3.8) is 0 Å². The van der Waals surface area contributed by atoms with Crippen molar-refractivity contribution in [1.82, 2.24) is 0 Å². The molecule has 1 unspecified atom stereocenters. The van der Waals surface area contributed by atoms with E-state index in [9.17, 15) is 4.79 Å². The summed E-state index contributed by atoms with van der Waals surface area (Å²) in [5, 5.41) is 0. The molecule has 2 heteroatoms. The number of carbonyl (C=O) groups is 1. The van der Waals surface area contributed by atoms with Gasteiger partial charge in [0.05, 0.1) is 5.41 Å². The van der Waals surface area contributed by atoms with Crippen molar-refractivity contribution >= 4 is 22.8 Å². The van der Waals surface area contributed by atoms with Crippen LogP contribution >= 0.6 is 0 Å². The molecule has 49 heavy (non-hydrogen) atoms. The third-order valence-corrected chi connectivity index (χ3v) is 11.3. The Balaban J connectivity index is 1.26. The normalized spacial score (nSPS) is 17.1. The van der Waals surface area contributed by atoms with Crippen LogP contribution in [0.1, 0.15) is 63.1 Å². The SMILES string of the molecule is CC1(C)c2ccccc2C(=O)c2cc3c(cc21)-c1ccccc1C31c2ccccc2-c2cc(N(c3ccccc3)c3ccccc3)ccc21. The van der Waals surface area contributed by atoms with Gasteiger partial charge in [-0.3, -0.25) is 4.79 Å². The van der Waals surface area contributed by atoms with Crippen molar-refractivity contribution in [1.29, 1.82) is 0 Å². The van der Waals surface area contributed by atoms with Gasteiger partial charge in [-0.15, -0.1) is 0 Å². The number of fused-ring (bicyclic) bond motifs is 12. The van der Waals surface area contributed by atoms with Gasteiger partial charge in [0, 0.05) is 33.6 Å². The van der Waals surface area contributed by atoms with Crippen molar-refractivity contribution in [3.8, 4) is 22.3 Å². The molecule has 2 nitrogen and oxygen atoms in total. The molecule has 7 aromatic carbocycles. The van der Waals surface area contributed by atoms with Crippen molar-refractivity contribution in [2.75, 3.05) is 4.90 Å². The fraction of sp³-hybridized carbons (Fsp3) is 0.0851. The molecule has 0 heterocycles. The molecule has 0 aromatic heterocycles. The highest BCUT2D eigenvalue weighted by Gasteiger charge is 2.53. The summed E-state index contributed by atoms with van der Waals surface area (Å²) in [7, 11) is 0. The van der Waals surface area contributed by atoms with E-state index in [-0.39, 0.29) is 11.2 Å². The molecule has 1 atom stereocenters. The Hall–Kier alpha value is -5.99. The Bertz CT molecular complexity index is 2450. The molecule has 0 radical (unpaired) electrons. The van der Waals surface area contributed by atoms with Gasteiger partial charge in [-0.1, -0.05) is 129 Å². The molecular weight excluding hydrogens is 595 g/mol. The van der Waals surface area contributed by atoms with E-state index >= 15 is 0 Å². The lowest BCUT2D eigenvalue weighted by Crippen LogP contribution is -2.32. The smallest absolute Gasteiger partial charge is 0.193 e. The molecule has 0 saturated heterocycles. The van der Waals surface area contributed by atoms with Gasteiger partial charge >= 0.3 is 0 Å². The second-order valence-electron chi connectivity index (χ2n) is 14.0. The second kappa shape index (κ2) is 10.0. The molecule has 0 saturated carbocycles. The Kier molecular flexibility index (Phi) is 5.73. The lowest BCUT2D eigenvalue weighted by atomic mass is 9.65. The second-order valence-corrected chi connectivity index (χ2v) is 14.0. The molecule has 0 N–H and O–H groups in total. The number of anilines is 3. The first kappa shape index (κ1) is 28.1. The number of para-hydroxylation sites is 2. The zero-order chi connectivity index (χ0) is 32.9. The van der Waals surface area contributed by atoms with E-state index in [1.54, 1.807) is 0 Å². The molecular formula is C47H33NO. The lowest BCUT2D eigenvalue weighted by molar-refractivity contribution is 0.103. The summed E-state index contributed by atoms with van der Waals surface area (Å²) in [6.07, 6.45) is 0. The minimum atomic E-state index is -0.545. The number of benzene rings is 7. The zero-order valence-corrected chi connectivity index (χ0v) is 27.4. The number of carbonyl (C=O) groups excluding carboxylic acids is 1. The van der Waals surface area contributed by atoms with Crippen LogP contribution in [0.4, 0.5) is 17.1 Å². The first-order valence-electron chi connectivity index (χ1n) is 17.1. The number of rotatable bonds is 3. The first-order valence-corrected chi connectivity index (χ1v) is 17.1. The van der Waals surface area contributed by atoms with Crippen molar-refractivity contribution in [2.24, 2.45) is 0 Å². The van der Waals surface area contributed by atoms with Gasteiger partial charge in [0.25, 0.3) is 0 Å². The first-order chi connectivity index (χ1) is 24.0. The van der Waals surface area contributed by atoms with Crippen LogP contribution in [0.25, 0.3) is 22.3 Å². The van der Waals surface area contributed by atoms with Crippen LogP contribution < -0.4 is 4.90 Å². The lowest BCUT2D eigenvalue weighted by Gasteiger charge is -2.36. The number of hydrogen-bond donors (Lipinski definition) is 0. The quantitative estimate of drug-likeness (QED) is 0.194. The van der Waals surface area contributed by atoms with E-state index in [0.717, 1.165) is 39.3 Å². The minimum Gasteiger partial charge on any atom is -0.310 e. The molecule has 0 fully saturated rings. The maximum Gasteiger partial charge on any atom is 0.193 e. The van der Waals surface area contributed by atoms with Crippen LogP contribution in [-0.2, 0) is 10.8 Å². The monoisotopic (exact) mass is 627 g/mol. The summed E-state index contributed by atoms with van der Waals surface area (Å²) in [6.45, 7) is 4.51. The zero-order valence-electron chi connectivity index (χ0n) is 27.4. The van der Waals surface area contributed by atoms with Gasteiger partial charge in [-0.05, 0) is 104 Å². The van der Waals surface area contributed by atoms with E-state index in [1.807, 2.05) is 18.2 Å². The number of nitrogens with zero attached hydrogens (tertiary/aromatic N) is 1. The van der Waals surface area contributed by atoms with E-state index in [1.165, 1.54) is 44.5 Å². The summed E-state index contributed by atoms with van der Waals surface area (Å²) in [4.78, 5) is 16.7. The topological polar surface area (TPSA) is 20.3 Å². The Morgan fingerprint density at radius 3 is 1.45 bits per heavy atom. The molecule has 10 rings (SSSR count). The van der Waals surface area contributed by atoms with E-state index in [4.69, 9.17) is 0 Å². The van der Waals surface area contributed by atoms with Crippen LogP contribution in [0.3, 0.4) is 0 Å². The number of ketones is 1. The van der Waals surface area contributed by atoms with E-state index in [0.29, 0.717) is 0 Å². The highest BCUT2D eigenvalue weighted by Crippen LogP contribution is 2.64. The van der Waals surface area contributed by atoms with Crippen LogP contribution in [-0.4, -0.2) is 5.78 Å². The van der Waals surface area contributed by atoms with E-state index in [2.05, 4.69) is 164 Å². The van der Waals surface area contributed by atoms with Crippen LogP contribution in [0.15, 0.2) is 164 Å². The fourth-order valence-electron chi connectivity index (χ4n) is 9.14. The molecule has 3 aliphatic rings. The maximum absolute atomic E-state index is 14.3. The average Bonchev–Trinajstić information content (AvgIpc) is 3.61. The maximum atomic E-state index is 14.3. The average molecular weight is 628 g/mol. The van der Waals surface area contributed by atoms with Gasteiger partial charge in [0.1, 0.15) is 0 Å². The number of hydrogen-bond acceptors (Lipinski definition) is 2. The van der Waals surface area contributed by atoms with Gasteiger partial charge in [-0.2, -0.15) is 0 Å². The molecule has 7 aromatic rings. The molecule has 1 spiro atoms. The Morgan fingerprint density at radius 1 is 0.367 bits per heavy atom. The van der Waals surface area contributed by atoms with Crippen LogP contribution in [0.5, 0.6) is 0 Å². The summed E-state index contributed by atoms with van der Waals surface area (Å²) >= 11 is 0. The minimum absolute atomic E-state index is 0.113. The summed E-state index contributed by atoms with van der Waals surface area (Å²) < 4.78 is 0. The predicted octanol–water partition coefficient (Wildman–Crippen LogP) is 11.4. The Morgan fingerprint density at radius 2 is 0.837 bits per heavy atom. The van der Waals surface area contributed by atoms with Gasteiger partial charge in [-0.25, -0.2) is 0 Å². The van der Waals surface area contributed by atoms with E-state index < -0.39 is 5.41 Å². The third-order valence-electron chi connectivity index (χ3n) is 11.3. The highest BCUT2D eigenvalue weighted by atomic mass is 16.1. The van der Waals surface area contributed by atoms with Gasteiger partial charge in [0.2, 0.25) is 0 Å². The van der Waals surface area contributed by atoms with Gasteiger partial charge < -0.3 is 4.90 Å². The van der Waals surface area contributed by atoms with Crippen LogP contribution in [0.2, 0.25) is 0 Å². The van der Waals surface area contributed by atoms with Crippen molar-refractivity contribution in [2.45, 2.75) is 24.7 Å². The van der Waals surface area contributed by atoms with Gasteiger partial charge in [0.15, 0.2) is 5.78 Å². The standard InChI is InChI=1S/C47H33NO/c1-46(2)39-22-12-11-21-35(39)45(49)38-29-44-37(28-43(38)46)34-20-10-14-24-41(34)47(44)40-23-13-9-19-33(40)36-27-32(25-26-42(36)47)48(30-15-5-3-6-16-30)31-17-7-4-8-18-31/h3-29H,1-2H3. The summed E-state index contributed by atoms with van der Waals surface area (Å²) in [5.41, 5.74) is 16.2. The summed E-state index contributed by atoms with van der Waals surface area (Å²) in [5.74, 6) is 0.113. The molecule has 3 aliphatic carbocycles. The molecule has 0 aliphatic heterocycles. The molecule has 232 valence electrons. The third kappa shape index (κ3) is 3.64. The van der Waals surface area contributed by atoms with Crippen LogP contribution in [0, 0.1) is 0 Å². The highest BCUT2D eigenvalue weighted by molar-refractivity contribution is 6.14. The fourth-order valence-corrected chi connectivity index (χ4v) is 9.14. The largest absolute Gasteiger partial charge is 0.310 e. The van der Waals surface area contributed by atoms with Crippen molar-refractivity contribution < 1.29 is 4.79 Å². The Labute approximate surface area is 287 Å². The molecule has 0 amide bonds. The molecule has 0 bridgehead atoms. The van der Waals surface area contributed by atoms with Crippen molar-refractivity contribution in [3.05, 3.63) is 208 Å². The predicted molar refractivity (Wildman–Crippen MR) is 199 cm³/mol. The summed E-state index contributed by atoms with van der Waals surface area (Å²) in [6, 6.07) is 58.7.